The number of quaternary nitrogens is 2. The van der Waals surface area contributed by atoms with Crippen molar-refractivity contribution in [3.05, 3.63) is 23.8 Å². The minimum atomic E-state index is -3.32. The molecule has 0 heterocycles. The monoisotopic (exact) mass is 494 g/mol. The van der Waals surface area contributed by atoms with Crippen molar-refractivity contribution >= 4 is 23.2 Å². The molecule has 0 aliphatic heterocycles. The molecule has 0 saturated heterocycles. The van der Waals surface area contributed by atoms with Crippen molar-refractivity contribution in [3.8, 4) is 35.8 Å². The van der Waals surface area contributed by atoms with Gasteiger partial charge in [-0.2, -0.15) is 0 Å². The average Bonchev–Trinajstić information content (AvgIpc) is 2.92. The lowest BCUT2D eigenvalue weighted by atomic mass is 9.23. The van der Waals surface area contributed by atoms with E-state index >= 15 is 0 Å². The smallest absolute Gasteiger partial charge is 0.324 e. The minimum Gasteiger partial charge on any atom is -0.336 e. The Labute approximate surface area is 214 Å². The van der Waals surface area contributed by atoms with Gasteiger partial charge in [0.05, 0.1) is 50.9 Å². The van der Waals surface area contributed by atoms with E-state index in [4.69, 9.17) is 31.6 Å². The second kappa shape index (κ2) is 17.5. The lowest BCUT2D eigenvalue weighted by molar-refractivity contribution is -0.894. The molecular weight excluding hydrogens is 460 g/mol. The molecule has 2 N–H and O–H groups in total. The van der Waals surface area contributed by atoms with E-state index in [0.29, 0.717) is 12.1 Å². The molecule has 36 heavy (non-hydrogen) atoms. The third-order valence-electron chi connectivity index (χ3n) is 6.21. The van der Waals surface area contributed by atoms with E-state index in [1.807, 2.05) is 0 Å². The fourth-order valence-corrected chi connectivity index (χ4v) is 3.33. The topological polar surface area (TPSA) is 152 Å². The molecule has 1 aromatic rings. The van der Waals surface area contributed by atoms with E-state index in [1.54, 1.807) is 9.80 Å². The van der Waals surface area contributed by atoms with E-state index in [1.165, 1.54) is 75.1 Å². The SMILES string of the molecule is CC[NH+](CC)CC.CC[NH+](CC)CC.N#C[B-](C#N)(C#N)c1cc(F)c([B-](C#N)(C#N)C#N)cc1F. The Kier molecular flexibility index (Phi) is 16.6. The van der Waals surface area contributed by atoms with Crippen LogP contribution >= 0.6 is 0 Å². The van der Waals surface area contributed by atoms with Crippen LogP contribution in [0.5, 0.6) is 0 Å². The van der Waals surface area contributed by atoms with Gasteiger partial charge in [-0.3, -0.25) is 0 Å². The first kappa shape index (κ1) is 34.2. The van der Waals surface area contributed by atoms with Gasteiger partial charge in [-0.05, 0) is 41.5 Å². The quantitative estimate of drug-likeness (QED) is 0.466. The minimum absolute atomic E-state index is 0.406. The predicted octanol–water partition coefficient (Wildman–Crippen LogP) is -0.485. The lowest BCUT2D eigenvalue weighted by Gasteiger charge is -2.23. The summed E-state index contributed by atoms with van der Waals surface area (Å²) >= 11 is 0. The van der Waals surface area contributed by atoms with Crippen LogP contribution in [0.4, 0.5) is 8.78 Å². The van der Waals surface area contributed by atoms with E-state index in [9.17, 15) is 8.78 Å². The summed E-state index contributed by atoms with van der Waals surface area (Å²) in [6, 6.07) is 0.811. The maximum atomic E-state index is 14.1. The number of hydrogen-bond acceptors (Lipinski definition) is 6. The zero-order valence-corrected chi connectivity index (χ0v) is 22.0. The number of halogens is 2. The number of hydrogen-bond donors (Lipinski definition) is 2. The van der Waals surface area contributed by atoms with Crippen LogP contribution in [0.25, 0.3) is 0 Å². The number of rotatable bonds is 8. The summed E-state index contributed by atoms with van der Waals surface area (Å²) in [7, 11) is 0. The van der Waals surface area contributed by atoms with Gasteiger partial charge in [-0.1, -0.05) is 12.1 Å². The number of nitriles is 6. The van der Waals surface area contributed by atoms with Crippen molar-refractivity contribution in [1.82, 2.24) is 0 Å². The lowest BCUT2D eigenvalue weighted by Crippen LogP contribution is -3.11. The van der Waals surface area contributed by atoms with E-state index in [-0.39, 0.29) is 0 Å². The molecule has 0 aliphatic rings. The zero-order chi connectivity index (χ0) is 28.4. The largest absolute Gasteiger partial charge is 0.336 e. The average molecular weight is 494 g/mol. The summed E-state index contributed by atoms with van der Waals surface area (Å²) in [4.78, 5) is 3.36. The number of nitrogens with one attached hydrogen (secondary N) is 2. The third kappa shape index (κ3) is 8.69. The second-order valence-corrected chi connectivity index (χ2v) is 8.02. The molecule has 0 fully saturated rings. The second-order valence-electron chi connectivity index (χ2n) is 8.02. The van der Waals surface area contributed by atoms with Crippen molar-refractivity contribution in [1.29, 1.82) is 31.6 Å². The molecule has 0 bridgehead atoms. The molecule has 8 nitrogen and oxygen atoms in total. The van der Waals surface area contributed by atoms with Gasteiger partial charge in [-0.25, -0.2) is 40.4 Å². The zero-order valence-electron chi connectivity index (χ0n) is 22.0. The van der Waals surface area contributed by atoms with Crippen molar-refractivity contribution < 1.29 is 18.6 Å². The molecule has 190 valence electrons. The van der Waals surface area contributed by atoms with E-state index < -0.39 is 34.9 Å². The van der Waals surface area contributed by atoms with Gasteiger partial charge >= 0.3 is 12.3 Å². The summed E-state index contributed by atoms with van der Waals surface area (Å²) in [6.07, 6.45) is -6.64. The summed E-state index contributed by atoms with van der Waals surface area (Å²) in [5.74, 6) is 5.43. The van der Waals surface area contributed by atoms with Gasteiger partial charge in [0.2, 0.25) is 0 Å². The molecule has 0 aromatic heterocycles. The number of benzene rings is 1. The normalized spacial score (nSPS) is 10.1. The van der Waals surface area contributed by atoms with Crippen LogP contribution in [0.1, 0.15) is 41.5 Å². The summed E-state index contributed by atoms with van der Waals surface area (Å²) in [6.45, 7) is 21.0. The Morgan fingerprint density at radius 2 is 0.722 bits per heavy atom. The maximum Gasteiger partial charge on any atom is 0.324 e. The predicted molar refractivity (Wildman–Crippen MR) is 136 cm³/mol. The molecule has 0 saturated carbocycles. The highest BCUT2D eigenvalue weighted by atomic mass is 19.1. The molecule has 0 atom stereocenters. The van der Waals surface area contributed by atoms with Crippen molar-refractivity contribution in [2.24, 2.45) is 0 Å². The third-order valence-corrected chi connectivity index (χ3v) is 6.21. The van der Waals surface area contributed by atoms with Crippen LogP contribution in [0, 0.1) is 79.0 Å². The fraction of sp³-hybridized carbons (Fsp3) is 0.500. The van der Waals surface area contributed by atoms with Crippen molar-refractivity contribution in [3.63, 3.8) is 0 Å². The van der Waals surface area contributed by atoms with Crippen LogP contribution in [0.3, 0.4) is 0 Å². The van der Waals surface area contributed by atoms with Crippen LogP contribution in [-0.2, 0) is 0 Å². The Hall–Kier alpha value is -3.93. The molecule has 12 heteroatoms. The summed E-state index contributed by atoms with van der Waals surface area (Å²) in [5.41, 5.74) is -1.57. The highest BCUT2D eigenvalue weighted by Gasteiger charge is 2.34. The van der Waals surface area contributed by atoms with Gasteiger partial charge < -0.3 is 9.80 Å². The standard InChI is InChI=1S/C12H2B2F2N6.2C6H15N/c15-11-1-9(13(3-17,4-18)5-19)12(16)2-10(11)14(6-20,7-21)8-22;2*1-4-7(5-2)6-3/h1-2H;2*4-6H2,1-3H3/q-2;;/p+2. The summed E-state index contributed by atoms with van der Waals surface area (Å²) < 4.78 is 28.2. The Bertz CT molecular complexity index is 921. The first-order valence-electron chi connectivity index (χ1n) is 12.0. The number of nitrogens with zero attached hydrogens (tertiary/aromatic N) is 6. The first-order valence-corrected chi connectivity index (χ1v) is 12.0. The van der Waals surface area contributed by atoms with Crippen molar-refractivity contribution in [2.45, 2.75) is 41.5 Å². The molecule has 0 amide bonds. The van der Waals surface area contributed by atoms with Crippen LogP contribution in [0.2, 0.25) is 0 Å². The Morgan fingerprint density at radius 3 is 0.833 bits per heavy atom. The Balaban J connectivity index is 0. The van der Waals surface area contributed by atoms with Gasteiger partial charge in [0, 0.05) is 0 Å². The summed E-state index contributed by atoms with van der Waals surface area (Å²) in [5, 5.41) is 53.4. The van der Waals surface area contributed by atoms with Crippen LogP contribution in [-0.4, -0.2) is 51.6 Å². The highest BCUT2D eigenvalue weighted by Crippen LogP contribution is 2.10. The van der Waals surface area contributed by atoms with E-state index in [2.05, 4.69) is 41.5 Å². The van der Waals surface area contributed by atoms with E-state index in [0.717, 1.165) is 0 Å². The highest BCUT2D eigenvalue weighted by molar-refractivity contribution is 7.10. The molecule has 0 aliphatic carbocycles. The van der Waals surface area contributed by atoms with Crippen molar-refractivity contribution in [2.75, 3.05) is 39.3 Å². The molecule has 0 spiro atoms. The molecule has 1 rings (SSSR count). The van der Waals surface area contributed by atoms with Gasteiger partial charge in [-0.15, -0.1) is 46.7 Å². The fourth-order valence-electron chi connectivity index (χ4n) is 3.33. The molecular formula is C24H34B2F2N8. The van der Waals surface area contributed by atoms with Crippen LogP contribution in [0.15, 0.2) is 12.1 Å². The van der Waals surface area contributed by atoms with Gasteiger partial charge in [0.15, 0.2) is 0 Å². The maximum absolute atomic E-state index is 14.1. The molecule has 0 unspecified atom stereocenters. The van der Waals surface area contributed by atoms with Gasteiger partial charge in [0.1, 0.15) is 0 Å². The Morgan fingerprint density at radius 1 is 0.528 bits per heavy atom. The molecule has 1 aromatic carbocycles. The van der Waals surface area contributed by atoms with Gasteiger partial charge in [0.25, 0.3) is 0 Å². The van der Waals surface area contributed by atoms with Crippen LogP contribution < -0.4 is 20.7 Å². The first-order chi connectivity index (χ1) is 17.1. The molecule has 0 radical (unpaired) electrons.